The van der Waals surface area contributed by atoms with Crippen LogP contribution in [0.5, 0.6) is 0 Å². The van der Waals surface area contributed by atoms with Crippen LogP contribution in [0.15, 0.2) is 48.8 Å². The predicted octanol–water partition coefficient (Wildman–Crippen LogP) is 2.96. The van der Waals surface area contributed by atoms with Gasteiger partial charge in [-0.25, -0.2) is 4.79 Å². The van der Waals surface area contributed by atoms with Gasteiger partial charge in [-0.3, -0.25) is 4.98 Å². The van der Waals surface area contributed by atoms with Crippen LogP contribution in [0.25, 0.3) is 0 Å². The second-order valence-corrected chi connectivity index (χ2v) is 4.18. The molecule has 0 aliphatic carbocycles. The molecule has 0 bridgehead atoms. The maximum Gasteiger partial charge on any atom is 0.336 e. The molecule has 2 aromatic rings. The zero-order chi connectivity index (χ0) is 12.8. The highest BCUT2D eigenvalue weighted by atomic mass is 16.4. The predicted molar refractivity (Wildman–Crippen MR) is 69.7 cm³/mol. The Bertz CT molecular complexity index is 523. The molecule has 0 amide bonds. The van der Waals surface area contributed by atoms with E-state index in [2.05, 4.69) is 17.1 Å². The Morgan fingerprint density at radius 3 is 2.61 bits per heavy atom. The quantitative estimate of drug-likeness (QED) is 0.875. The van der Waals surface area contributed by atoms with Gasteiger partial charge in [-0.1, -0.05) is 30.3 Å². The second kappa shape index (κ2) is 5.96. The summed E-state index contributed by atoms with van der Waals surface area (Å²) in [6, 6.07) is 11.8. The van der Waals surface area contributed by atoms with Crippen LogP contribution in [0.4, 0.5) is 0 Å². The van der Waals surface area contributed by atoms with Crippen LogP contribution in [-0.2, 0) is 12.8 Å². The molecule has 18 heavy (non-hydrogen) atoms. The fraction of sp³-hybridized carbons (Fsp3) is 0.200. The standard InChI is InChI=1S/C15H15NO2/c17-15(18)14-9-10-16-11-13(14)8-4-7-12-5-2-1-3-6-12/h1-3,5-6,9-11H,4,7-8H2,(H,17,18). The number of carboxylic acids is 1. The molecule has 0 unspecified atom stereocenters. The first kappa shape index (κ1) is 12.3. The van der Waals surface area contributed by atoms with Crippen molar-refractivity contribution in [2.24, 2.45) is 0 Å². The molecular formula is C15H15NO2. The summed E-state index contributed by atoms with van der Waals surface area (Å²) in [5.41, 5.74) is 2.44. The summed E-state index contributed by atoms with van der Waals surface area (Å²) in [5.74, 6) is -0.882. The number of aromatic nitrogens is 1. The van der Waals surface area contributed by atoms with Crippen molar-refractivity contribution in [3.63, 3.8) is 0 Å². The Hall–Kier alpha value is -2.16. The van der Waals surface area contributed by atoms with E-state index in [0.29, 0.717) is 5.56 Å². The Morgan fingerprint density at radius 2 is 1.89 bits per heavy atom. The summed E-state index contributed by atoms with van der Waals surface area (Å²) in [7, 11) is 0. The molecule has 0 spiro atoms. The molecule has 0 saturated carbocycles. The molecule has 2 rings (SSSR count). The molecule has 1 aromatic heterocycles. The maximum atomic E-state index is 11.0. The van der Waals surface area contributed by atoms with Crippen molar-refractivity contribution in [2.75, 3.05) is 0 Å². The molecule has 0 fully saturated rings. The van der Waals surface area contributed by atoms with Crippen LogP contribution in [-0.4, -0.2) is 16.1 Å². The van der Waals surface area contributed by atoms with Crippen molar-refractivity contribution in [3.8, 4) is 0 Å². The Balaban J connectivity index is 1.97. The molecule has 1 N–H and O–H groups in total. The largest absolute Gasteiger partial charge is 0.478 e. The van der Waals surface area contributed by atoms with E-state index < -0.39 is 5.97 Å². The summed E-state index contributed by atoms with van der Waals surface area (Å²) >= 11 is 0. The number of pyridine rings is 1. The van der Waals surface area contributed by atoms with Crippen molar-refractivity contribution in [1.82, 2.24) is 4.98 Å². The van der Waals surface area contributed by atoms with Gasteiger partial charge in [0, 0.05) is 12.4 Å². The summed E-state index contributed by atoms with van der Waals surface area (Å²) in [6.45, 7) is 0. The van der Waals surface area contributed by atoms with Gasteiger partial charge in [-0.2, -0.15) is 0 Å². The number of carbonyl (C=O) groups is 1. The van der Waals surface area contributed by atoms with E-state index in [4.69, 9.17) is 5.11 Å². The number of aromatic carboxylic acids is 1. The van der Waals surface area contributed by atoms with Crippen LogP contribution in [0, 0.1) is 0 Å². The van der Waals surface area contributed by atoms with Gasteiger partial charge >= 0.3 is 5.97 Å². The highest BCUT2D eigenvalue weighted by molar-refractivity contribution is 5.89. The lowest BCUT2D eigenvalue weighted by Gasteiger charge is -2.05. The third-order valence-electron chi connectivity index (χ3n) is 2.89. The zero-order valence-electron chi connectivity index (χ0n) is 10.0. The molecule has 0 aliphatic rings. The molecule has 0 atom stereocenters. The molecule has 0 radical (unpaired) electrons. The highest BCUT2D eigenvalue weighted by Crippen LogP contribution is 2.12. The van der Waals surface area contributed by atoms with Crippen LogP contribution < -0.4 is 0 Å². The minimum absolute atomic E-state index is 0.359. The van der Waals surface area contributed by atoms with Gasteiger partial charge in [0.2, 0.25) is 0 Å². The zero-order valence-corrected chi connectivity index (χ0v) is 10.0. The fourth-order valence-electron chi connectivity index (χ4n) is 1.96. The average molecular weight is 241 g/mol. The van der Waals surface area contributed by atoms with Crippen LogP contribution >= 0.6 is 0 Å². The van der Waals surface area contributed by atoms with Gasteiger partial charge in [-0.15, -0.1) is 0 Å². The molecule has 3 nitrogen and oxygen atoms in total. The van der Waals surface area contributed by atoms with E-state index in [0.717, 1.165) is 24.8 Å². The highest BCUT2D eigenvalue weighted by Gasteiger charge is 2.08. The van der Waals surface area contributed by atoms with Gasteiger partial charge in [0.05, 0.1) is 5.56 Å². The first-order chi connectivity index (χ1) is 8.77. The van der Waals surface area contributed by atoms with E-state index >= 15 is 0 Å². The second-order valence-electron chi connectivity index (χ2n) is 4.18. The van der Waals surface area contributed by atoms with Gasteiger partial charge in [0.15, 0.2) is 0 Å². The average Bonchev–Trinajstić information content (AvgIpc) is 2.40. The van der Waals surface area contributed by atoms with E-state index in [1.54, 1.807) is 12.3 Å². The number of benzene rings is 1. The molecule has 92 valence electrons. The molecular weight excluding hydrogens is 226 g/mol. The van der Waals surface area contributed by atoms with Crippen molar-refractivity contribution in [1.29, 1.82) is 0 Å². The van der Waals surface area contributed by atoms with Crippen LogP contribution in [0.2, 0.25) is 0 Å². The van der Waals surface area contributed by atoms with Gasteiger partial charge < -0.3 is 5.11 Å². The molecule has 1 aromatic carbocycles. The maximum absolute atomic E-state index is 11.0. The smallest absolute Gasteiger partial charge is 0.336 e. The van der Waals surface area contributed by atoms with E-state index in [9.17, 15) is 4.79 Å². The van der Waals surface area contributed by atoms with Crippen molar-refractivity contribution < 1.29 is 9.90 Å². The monoisotopic (exact) mass is 241 g/mol. The lowest BCUT2D eigenvalue weighted by Crippen LogP contribution is -2.03. The lowest BCUT2D eigenvalue weighted by atomic mass is 10.0. The van der Waals surface area contributed by atoms with Crippen LogP contribution in [0.3, 0.4) is 0 Å². The first-order valence-corrected chi connectivity index (χ1v) is 5.97. The van der Waals surface area contributed by atoms with E-state index in [1.165, 1.54) is 11.8 Å². The van der Waals surface area contributed by atoms with E-state index in [1.807, 2.05) is 18.2 Å². The minimum Gasteiger partial charge on any atom is -0.478 e. The van der Waals surface area contributed by atoms with Crippen molar-refractivity contribution in [2.45, 2.75) is 19.3 Å². The van der Waals surface area contributed by atoms with Crippen LogP contribution in [0.1, 0.15) is 27.9 Å². The first-order valence-electron chi connectivity index (χ1n) is 5.97. The third kappa shape index (κ3) is 3.17. The Kier molecular flexibility index (Phi) is 4.07. The van der Waals surface area contributed by atoms with Gasteiger partial charge in [-0.05, 0) is 36.5 Å². The summed E-state index contributed by atoms with van der Waals surface area (Å²) in [6.07, 6.45) is 5.79. The summed E-state index contributed by atoms with van der Waals surface area (Å²) in [4.78, 5) is 15.0. The van der Waals surface area contributed by atoms with Gasteiger partial charge in [0.1, 0.15) is 0 Å². The van der Waals surface area contributed by atoms with Crippen molar-refractivity contribution in [3.05, 3.63) is 65.5 Å². The van der Waals surface area contributed by atoms with E-state index in [-0.39, 0.29) is 0 Å². The Labute approximate surface area is 106 Å². The number of hydrogen-bond donors (Lipinski definition) is 1. The normalized spacial score (nSPS) is 10.2. The number of aryl methyl sites for hydroxylation is 2. The molecule has 3 heteroatoms. The molecule has 0 saturated heterocycles. The number of rotatable bonds is 5. The molecule has 0 aliphatic heterocycles. The third-order valence-corrected chi connectivity index (χ3v) is 2.89. The Morgan fingerprint density at radius 1 is 1.11 bits per heavy atom. The number of nitrogens with zero attached hydrogens (tertiary/aromatic N) is 1. The van der Waals surface area contributed by atoms with Crippen molar-refractivity contribution >= 4 is 5.97 Å². The summed E-state index contributed by atoms with van der Waals surface area (Å²) < 4.78 is 0. The lowest BCUT2D eigenvalue weighted by molar-refractivity contribution is 0.0695. The van der Waals surface area contributed by atoms with Gasteiger partial charge in [0.25, 0.3) is 0 Å². The topological polar surface area (TPSA) is 50.2 Å². The number of carboxylic acid groups (broad SMARTS) is 1. The minimum atomic E-state index is -0.882. The number of hydrogen-bond acceptors (Lipinski definition) is 2. The molecule has 1 heterocycles. The fourth-order valence-corrected chi connectivity index (χ4v) is 1.96. The SMILES string of the molecule is O=C(O)c1ccncc1CCCc1ccccc1. The summed E-state index contributed by atoms with van der Waals surface area (Å²) in [5, 5.41) is 9.05.